The number of hydrogen-bond acceptors (Lipinski definition) is 4. The first-order valence-corrected chi connectivity index (χ1v) is 7.48. The monoisotopic (exact) mass is 292 g/mol. The number of nitrogens with one attached hydrogen (secondary N) is 2. The maximum atomic E-state index is 12.0. The van der Waals surface area contributed by atoms with Crippen molar-refractivity contribution in [3.63, 3.8) is 0 Å². The Morgan fingerprint density at radius 2 is 1.05 bits per heavy atom. The van der Waals surface area contributed by atoms with Crippen molar-refractivity contribution in [2.75, 3.05) is 0 Å². The molecule has 0 aromatic rings. The lowest BCUT2D eigenvalue weighted by molar-refractivity contribution is -0.128. The van der Waals surface area contributed by atoms with Crippen LogP contribution in [-0.2, 0) is 19.2 Å². The molecule has 0 spiro atoms. The molecular formula is C15H20N2O4. The first-order valence-electron chi connectivity index (χ1n) is 7.48. The van der Waals surface area contributed by atoms with E-state index in [1.54, 1.807) is 0 Å². The fourth-order valence-corrected chi connectivity index (χ4v) is 4.11. The highest BCUT2D eigenvalue weighted by Gasteiger charge is 2.50. The van der Waals surface area contributed by atoms with Gasteiger partial charge in [-0.25, -0.2) is 0 Å². The second kappa shape index (κ2) is 4.64. The first kappa shape index (κ1) is 14.2. The van der Waals surface area contributed by atoms with Crippen molar-refractivity contribution in [3.8, 4) is 0 Å². The SMILES string of the molecule is CC1(C)CC2C(=O)NC(=O)C2CCC2C(=O)NC(=O)C2C1. The van der Waals surface area contributed by atoms with Crippen molar-refractivity contribution < 1.29 is 19.2 Å². The molecule has 0 radical (unpaired) electrons. The van der Waals surface area contributed by atoms with Gasteiger partial charge in [-0.15, -0.1) is 0 Å². The Labute approximate surface area is 123 Å². The van der Waals surface area contributed by atoms with Gasteiger partial charge in [-0.1, -0.05) is 13.8 Å². The predicted octanol–water partition coefficient (Wildman–Crippen LogP) is 0.364. The van der Waals surface area contributed by atoms with Crippen LogP contribution in [0.4, 0.5) is 0 Å². The second-order valence-corrected chi connectivity index (χ2v) is 7.28. The van der Waals surface area contributed by atoms with Gasteiger partial charge >= 0.3 is 0 Å². The molecule has 6 heteroatoms. The topological polar surface area (TPSA) is 92.3 Å². The molecule has 2 saturated heterocycles. The Balaban J connectivity index is 1.93. The van der Waals surface area contributed by atoms with Crippen LogP contribution < -0.4 is 10.6 Å². The fraction of sp³-hybridized carbons (Fsp3) is 0.733. The molecule has 1 aliphatic carbocycles. The van der Waals surface area contributed by atoms with E-state index in [1.165, 1.54) is 0 Å². The normalized spacial score (nSPS) is 38.8. The third-order valence-corrected chi connectivity index (χ3v) is 5.14. The Morgan fingerprint density at radius 1 is 0.714 bits per heavy atom. The van der Waals surface area contributed by atoms with E-state index >= 15 is 0 Å². The highest BCUT2D eigenvalue weighted by molar-refractivity contribution is 6.06. The van der Waals surface area contributed by atoms with E-state index in [0.29, 0.717) is 25.7 Å². The molecule has 3 fully saturated rings. The Bertz CT molecular complexity index is 494. The van der Waals surface area contributed by atoms with E-state index in [9.17, 15) is 19.2 Å². The highest BCUT2D eigenvalue weighted by atomic mass is 16.2. The lowest BCUT2D eigenvalue weighted by Crippen LogP contribution is -2.29. The van der Waals surface area contributed by atoms with Gasteiger partial charge in [0.25, 0.3) is 0 Å². The Morgan fingerprint density at radius 3 is 1.43 bits per heavy atom. The van der Waals surface area contributed by atoms with Gasteiger partial charge in [0.2, 0.25) is 23.6 Å². The standard InChI is InChI=1S/C15H20N2O4/c1-15(2)5-9-7(11(18)16-13(9)20)3-4-8-10(6-15)14(21)17-12(8)19/h7-10H,3-6H2,1-2H3,(H,16,18,20)(H,17,19,21). The molecule has 1 saturated carbocycles. The molecule has 0 aromatic heterocycles. The van der Waals surface area contributed by atoms with Gasteiger partial charge in [0.1, 0.15) is 0 Å². The van der Waals surface area contributed by atoms with E-state index in [4.69, 9.17) is 0 Å². The van der Waals surface area contributed by atoms with Crippen molar-refractivity contribution in [1.29, 1.82) is 0 Å². The summed E-state index contributed by atoms with van der Waals surface area (Å²) in [5.74, 6) is -2.26. The van der Waals surface area contributed by atoms with E-state index in [1.807, 2.05) is 13.8 Å². The molecule has 3 aliphatic rings. The largest absolute Gasteiger partial charge is 0.296 e. The van der Waals surface area contributed by atoms with E-state index < -0.39 is 0 Å². The quantitative estimate of drug-likeness (QED) is 0.631. The third kappa shape index (κ3) is 2.36. The summed E-state index contributed by atoms with van der Waals surface area (Å²) in [5.41, 5.74) is -0.264. The summed E-state index contributed by atoms with van der Waals surface area (Å²) in [6.07, 6.45) is 2.11. The average molecular weight is 292 g/mol. The maximum absolute atomic E-state index is 12.0. The molecule has 3 rings (SSSR count). The molecule has 2 aliphatic heterocycles. The van der Waals surface area contributed by atoms with Gasteiger partial charge in [-0.3, -0.25) is 29.8 Å². The molecule has 21 heavy (non-hydrogen) atoms. The predicted molar refractivity (Wildman–Crippen MR) is 72.5 cm³/mol. The molecule has 4 amide bonds. The summed E-state index contributed by atoms with van der Waals surface area (Å²) in [5, 5.41) is 4.81. The van der Waals surface area contributed by atoms with Gasteiger partial charge in [0.15, 0.2) is 0 Å². The van der Waals surface area contributed by atoms with Crippen LogP contribution in [0.3, 0.4) is 0 Å². The smallest absolute Gasteiger partial charge is 0.230 e. The second-order valence-electron chi connectivity index (χ2n) is 7.28. The summed E-state index contributed by atoms with van der Waals surface area (Å²) >= 11 is 0. The van der Waals surface area contributed by atoms with E-state index in [-0.39, 0.29) is 52.7 Å². The summed E-state index contributed by atoms with van der Waals surface area (Å²) in [4.78, 5) is 47.9. The van der Waals surface area contributed by atoms with E-state index in [2.05, 4.69) is 10.6 Å². The van der Waals surface area contributed by atoms with Crippen molar-refractivity contribution >= 4 is 23.6 Å². The summed E-state index contributed by atoms with van der Waals surface area (Å²) in [6, 6.07) is 0. The van der Waals surface area contributed by atoms with Gasteiger partial charge < -0.3 is 0 Å². The third-order valence-electron chi connectivity index (χ3n) is 5.14. The highest BCUT2D eigenvalue weighted by Crippen LogP contribution is 2.44. The molecule has 4 unspecified atom stereocenters. The minimum Gasteiger partial charge on any atom is -0.296 e. The molecule has 6 nitrogen and oxygen atoms in total. The van der Waals surface area contributed by atoms with Crippen LogP contribution in [0.25, 0.3) is 0 Å². The fourth-order valence-electron chi connectivity index (χ4n) is 4.11. The van der Waals surface area contributed by atoms with Gasteiger partial charge in [0.05, 0.1) is 23.7 Å². The number of imide groups is 2. The summed E-state index contributed by atoms with van der Waals surface area (Å²) in [6.45, 7) is 4.00. The molecule has 114 valence electrons. The molecule has 0 aromatic carbocycles. The van der Waals surface area contributed by atoms with E-state index in [0.717, 1.165) is 0 Å². The van der Waals surface area contributed by atoms with Crippen molar-refractivity contribution in [2.45, 2.75) is 39.5 Å². The van der Waals surface area contributed by atoms with Crippen LogP contribution in [0.1, 0.15) is 39.5 Å². The minimum absolute atomic E-state index is 0.207. The maximum Gasteiger partial charge on any atom is 0.230 e. The summed E-state index contributed by atoms with van der Waals surface area (Å²) in [7, 11) is 0. The van der Waals surface area contributed by atoms with Crippen LogP contribution in [-0.4, -0.2) is 23.6 Å². The van der Waals surface area contributed by atoms with Crippen molar-refractivity contribution in [2.24, 2.45) is 29.1 Å². The van der Waals surface area contributed by atoms with Crippen LogP contribution in [0.15, 0.2) is 0 Å². The zero-order valence-corrected chi connectivity index (χ0v) is 12.3. The molecule has 4 atom stereocenters. The molecule has 0 bridgehead atoms. The zero-order valence-electron chi connectivity index (χ0n) is 12.3. The molecule has 2 N–H and O–H groups in total. The van der Waals surface area contributed by atoms with Crippen LogP contribution in [0, 0.1) is 29.1 Å². The number of rotatable bonds is 0. The number of carbonyl (C=O) groups excluding carboxylic acids is 4. The lowest BCUT2D eigenvalue weighted by Gasteiger charge is -2.29. The van der Waals surface area contributed by atoms with Gasteiger partial charge in [-0.2, -0.15) is 0 Å². The number of carbonyl (C=O) groups is 4. The number of hydrogen-bond donors (Lipinski definition) is 2. The van der Waals surface area contributed by atoms with Crippen LogP contribution in [0.5, 0.6) is 0 Å². The molecular weight excluding hydrogens is 272 g/mol. The molecule has 2 heterocycles. The van der Waals surface area contributed by atoms with Crippen LogP contribution >= 0.6 is 0 Å². The Hall–Kier alpha value is -1.72. The van der Waals surface area contributed by atoms with Crippen LogP contribution in [0.2, 0.25) is 0 Å². The van der Waals surface area contributed by atoms with Gasteiger partial charge in [-0.05, 0) is 31.1 Å². The van der Waals surface area contributed by atoms with Crippen molar-refractivity contribution in [3.05, 3.63) is 0 Å². The first-order chi connectivity index (χ1) is 9.78. The number of fused-ring (bicyclic) bond motifs is 2. The lowest BCUT2D eigenvalue weighted by atomic mass is 9.73. The van der Waals surface area contributed by atoms with Gasteiger partial charge in [0, 0.05) is 0 Å². The average Bonchev–Trinajstić information content (AvgIpc) is 2.78. The van der Waals surface area contributed by atoms with Crippen molar-refractivity contribution in [1.82, 2.24) is 10.6 Å². The minimum atomic E-state index is -0.362. The Kier molecular flexibility index (Phi) is 3.15. The summed E-state index contributed by atoms with van der Waals surface area (Å²) < 4.78 is 0. The number of amides is 4. The zero-order chi connectivity index (χ0) is 15.4.